The van der Waals surface area contributed by atoms with Gasteiger partial charge in [-0.1, -0.05) is 12.1 Å². The molecule has 1 saturated heterocycles. The summed E-state index contributed by atoms with van der Waals surface area (Å²) >= 11 is 0. The number of carbonyl (C=O) groups excluding carboxylic acids is 1. The Hall–Kier alpha value is -1.89. The summed E-state index contributed by atoms with van der Waals surface area (Å²) < 4.78 is 27.8. The zero-order chi connectivity index (χ0) is 14.3. The van der Waals surface area contributed by atoms with Crippen molar-refractivity contribution in [1.82, 2.24) is 4.90 Å². The fourth-order valence-electron chi connectivity index (χ4n) is 2.73. The summed E-state index contributed by atoms with van der Waals surface area (Å²) in [4.78, 5) is 12.9. The Labute approximate surface area is 116 Å². The summed E-state index contributed by atoms with van der Waals surface area (Å²) in [6, 6.07) is 5.66. The minimum atomic E-state index is -3.72. The van der Waals surface area contributed by atoms with Crippen LogP contribution in [0.4, 0.5) is 0 Å². The molecule has 2 aliphatic rings. The van der Waals surface area contributed by atoms with Gasteiger partial charge in [-0.15, -0.1) is 4.40 Å². The van der Waals surface area contributed by atoms with Crippen LogP contribution in [-0.2, 0) is 14.8 Å². The van der Waals surface area contributed by atoms with Crippen LogP contribution in [0.15, 0.2) is 33.6 Å². The van der Waals surface area contributed by atoms with E-state index in [4.69, 9.17) is 0 Å². The number of nitrogens with zero attached hydrogens (tertiary/aromatic N) is 2. The summed E-state index contributed by atoms with van der Waals surface area (Å²) in [5, 5.41) is 11.2. The molecule has 2 aliphatic heterocycles. The van der Waals surface area contributed by atoms with Gasteiger partial charge in [0.2, 0.25) is 0 Å². The molecule has 0 unspecified atom stereocenters. The van der Waals surface area contributed by atoms with Crippen molar-refractivity contribution >= 4 is 21.8 Å². The lowest BCUT2D eigenvalue weighted by atomic mass is 10.0. The first-order valence-corrected chi connectivity index (χ1v) is 7.86. The van der Waals surface area contributed by atoms with E-state index in [1.54, 1.807) is 23.1 Å². The maximum absolute atomic E-state index is 12.0. The molecule has 1 fully saturated rings. The smallest absolute Gasteiger partial charge is 0.285 e. The van der Waals surface area contributed by atoms with Crippen LogP contribution in [0, 0.1) is 0 Å². The van der Waals surface area contributed by atoms with Crippen LogP contribution in [0.1, 0.15) is 24.8 Å². The van der Waals surface area contributed by atoms with E-state index in [9.17, 15) is 18.3 Å². The first-order valence-electron chi connectivity index (χ1n) is 6.42. The lowest BCUT2D eigenvalue weighted by molar-refractivity contribution is -0.311. The number of amidine groups is 1. The highest BCUT2D eigenvalue weighted by molar-refractivity contribution is 7.90. The topological polar surface area (TPSA) is 89.9 Å². The summed E-state index contributed by atoms with van der Waals surface area (Å²) in [5.41, 5.74) is 0.473. The summed E-state index contributed by atoms with van der Waals surface area (Å²) in [7, 11) is -3.72. The molecule has 106 valence electrons. The van der Waals surface area contributed by atoms with Crippen molar-refractivity contribution in [2.75, 3.05) is 6.54 Å². The number of carboxylic acids is 1. The number of aliphatic carboxylic acids is 1. The van der Waals surface area contributed by atoms with Gasteiger partial charge in [0.05, 0.1) is 12.0 Å². The highest BCUT2D eigenvalue weighted by atomic mass is 32.2. The van der Waals surface area contributed by atoms with Gasteiger partial charge in [0.1, 0.15) is 4.90 Å². The number of likely N-dealkylation sites (tertiary alicyclic amines) is 1. The molecule has 1 aromatic rings. The highest BCUT2D eigenvalue weighted by Crippen LogP contribution is 2.30. The molecular formula is C13H13N2O4S-. The molecule has 0 bridgehead atoms. The third-order valence-electron chi connectivity index (χ3n) is 3.66. The number of hydrogen-bond acceptors (Lipinski definition) is 5. The molecule has 0 N–H and O–H groups in total. The molecule has 20 heavy (non-hydrogen) atoms. The molecule has 0 aromatic heterocycles. The maximum atomic E-state index is 12.0. The first kappa shape index (κ1) is 13.1. The quantitative estimate of drug-likeness (QED) is 0.711. The second-order valence-electron chi connectivity index (χ2n) is 4.91. The van der Waals surface area contributed by atoms with Crippen LogP contribution in [0.3, 0.4) is 0 Å². The van der Waals surface area contributed by atoms with Crippen molar-refractivity contribution in [3.8, 4) is 0 Å². The summed E-state index contributed by atoms with van der Waals surface area (Å²) in [6.07, 6.45) is 2.05. The number of fused-ring (bicyclic) bond motifs is 1. The van der Waals surface area contributed by atoms with E-state index in [2.05, 4.69) is 4.40 Å². The van der Waals surface area contributed by atoms with Crippen molar-refractivity contribution in [3.05, 3.63) is 29.8 Å². The van der Waals surface area contributed by atoms with Crippen molar-refractivity contribution in [3.63, 3.8) is 0 Å². The van der Waals surface area contributed by atoms with Gasteiger partial charge in [0.25, 0.3) is 10.0 Å². The molecule has 2 heterocycles. The number of benzene rings is 1. The van der Waals surface area contributed by atoms with E-state index in [0.717, 1.165) is 12.8 Å². The second kappa shape index (κ2) is 4.59. The zero-order valence-electron chi connectivity index (χ0n) is 10.7. The van der Waals surface area contributed by atoms with Gasteiger partial charge in [-0.2, -0.15) is 8.42 Å². The molecule has 0 aliphatic carbocycles. The van der Waals surface area contributed by atoms with Gasteiger partial charge in [0.15, 0.2) is 5.84 Å². The normalized spacial score (nSPS) is 24.1. The third kappa shape index (κ3) is 1.98. The van der Waals surface area contributed by atoms with Gasteiger partial charge in [0, 0.05) is 12.1 Å². The Kier molecular flexibility index (Phi) is 3.01. The van der Waals surface area contributed by atoms with Crippen molar-refractivity contribution in [1.29, 1.82) is 0 Å². The van der Waals surface area contributed by atoms with E-state index in [1.165, 1.54) is 6.07 Å². The summed E-state index contributed by atoms with van der Waals surface area (Å²) in [5.74, 6) is -0.955. The molecule has 1 aromatic carbocycles. The van der Waals surface area contributed by atoms with Crippen LogP contribution in [0.2, 0.25) is 0 Å². The van der Waals surface area contributed by atoms with Gasteiger partial charge in [-0.25, -0.2) is 0 Å². The molecule has 7 heteroatoms. The average molecular weight is 293 g/mol. The molecule has 0 radical (unpaired) electrons. The predicted molar refractivity (Wildman–Crippen MR) is 69.5 cm³/mol. The fraction of sp³-hybridized carbons (Fsp3) is 0.385. The van der Waals surface area contributed by atoms with Crippen molar-refractivity contribution < 1.29 is 18.3 Å². The molecule has 6 nitrogen and oxygen atoms in total. The molecule has 0 saturated carbocycles. The largest absolute Gasteiger partial charge is 0.548 e. The zero-order valence-corrected chi connectivity index (χ0v) is 11.5. The highest BCUT2D eigenvalue weighted by Gasteiger charge is 2.35. The fourth-order valence-corrected chi connectivity index (χ4v) is 3.94. The Balaban J connectivity index is 2.08. The SMILES string of the molecule is O=C([O-])[C@@H]1CCCCN1C1=NS(=O)(=O)c2ccccc21. The van der Waals surface area contributed by atoms with Crippen LogP contribution < -0.4 is 5.11 Å². The van der Waals surface area contributed by atoms with E-state index < -0.39 is 22.0 Å². The maximum Gasteiger partial charge on any atom is 0.285 e. The predicted octanol–water partition coefficient (Wildman–Crippen LogP) is -0.260. The number of piperidine rings is 1. The van der Waals surface area contributed by atoms with Crippen LogP contribution in [0.25, 0.3) is 0 Å². The van der Waals surface area contributed by atoms with Crippen molar-refractivity contribution in [2.45, 2.75) is 30.2 Å². The lowest BCUT2D eigenvalue weighted by Crippen LogP contribution is -2.52. The Morgan fingerprint density at radius 3 is 2.80 bits per heavy atom. The molecular weight excluding hydrogens is 280 g/mol. The molecule has 1 atom stereocenters. The monoisotopic (exact) mass is 293 g/mol. The Morgan fingerprint density at radius 1 is 1.30 bits per heavy atom. The third-order valence-corrected chi connectivity index (χ3v) is 4.98. The average Bonchev–Trinajstić information content (AvgIpc) is 2.71. The van der Waals surface area contributed by atoms with Gasteiger partial charge < -0.3 is 14.8 Å². The van der Waals surface area contributed by atoms with Gasteiger partial charge >= 0.3 is 0 Å². The van der Waals surface area contributed by atoms with Crippen molar-refractivity contribution in [2.24, 2.45) is 4.40 Å². The van der Waals surface area contributed by atoms with Crippen LogP contribution in [-0.4, -0.2) is 37.7 Å². The Morgan fingerprint density at radius 2 is 2.05 bits per heavy atom. The first-order chi connectivity index (χ1) is 9.50. The van der Waals surface area contributed by atoms with E-state index in [-0.39, 0.29) is 10.7 Å². The lowest BCUT2D eigenvalue weighted by Gasteiger charge is -2.37. The number of rotatable bonds is 1. The van der Waals surface area contributed by atoms with Gasteiger partial charge in [-0.3, -0.25) is 0 Å². The second-order valence-corrected chi connectivity index (χ2v) is 6.48. The standard InChI is InChI=1S/C13H14N2O4S/c16-13(17)10-6-3-4-8-15(10)12-9-5-1-2-7-11(9)20(18,19)14-12/h1-2,5,7,10H,3-4,6,8H2,(H,16,17)/p-1/t10-/m0/s1. The molecule has 3 rings (SSSR count). The van der Waals surface area contributed by atoms with Gasteiger partial charge in [-0.05, 0) is 31.4 Å². The van der Waals surface area contributed by atoms with E-state index in [1.807, 2.05) is 0 Å². The Bertz CT molecular complexity index is 696. The minimum absolute atomic E-state index is 0.137. The minimum Gasteiger partial charge on any atom is -0.548 e. The van der Waals surface area contributed by atoms with Crippen LogP contribution in [0.5, 0.6) is 0 Å². The number of carbonyl (C=O) groups is 1. The molecule has 0 amide bonds. The van der Waals surface area contributed by atoms with E-state index in [0.29, 0.717) is 18.5 Å². The van der Waals surface area contributed by atoms with E-state index >= 15 is 0 Å². The number of sulfonamides is 1. The molecule has 0 spiro atoms. The summed E-state index contributed by atoms with van der Waals surface area (Å²) in [6.45, 7) is 0.474. The number of carboxylic acid groups (broad SMARTS) is 1. The van der Waals surface area contributed by atoms with Crippen LogP contribution >= 0.6 is 0 Å². The number of hydrogen-bond donors (Lipinski definition) is 0.